The average Bonchev–Trinajstić information content (AvgIpc) is 2.38. The summed E-state index contributed by atoms with van der Waals surface area (Å²) in [5.74, 6) is -0.422. The fraction of sp³-hybridized carbons (Fsp3) is 0.533. The molecule has 1 aliphatic rings. The Morgan fingerprint density at radius 1 is 1.37 bits per heavy atom. The molecule has 0 aliphatic carbocycles. The molecule has 0 unspecified atom stereocenters. The number of ether oxygens (including phenoxy) is 1. The highest BCUT2D eigenvalue weighted by molar-refractivity contribution is 5.91. The number of rotatable bonds is 5. The predicted molar refractivity (Wildman–Crippen MR) is 73.8 cm³/mol. The van der Waals surface area contributed by atoms with E-state index in [0.717, 1.165) is 38.0 Å². The van der Waals surface area contributed by atoms with Crippen LogP contribution in [0.4, 0.5) is 0 Å². The minimum Gasteiger partial charge on any atom is -0.493 e. The summed E-state index contributed by atoms with van der Waals surface area (Å²) in [6.07, 6.45) is 2.06. The highest BCUT2D eigenvalue weighted by Crippen LogP contribution is 2.28. The van der Waals surface area contributed by atoms with Gasteiger partial charge in [0.15, 0.2) is 0 Å². The summed E-state index contributed by atoms with van der Waals surface area (Å²) in [5, 5.41) is 9.24. The van der Waals surface area contributed by atoms with Gasteiger partial charge >= 0.3 is 5.97 Å². The van der Waals surface area contributed by atoms with Gasteiger partial charge in [-0.3, -0.25) is 4.90 Å². The monoisotopic (exact) mass is 263 g/mol. The summed E-state index contributed by atoms with van der Waals surface area (Å²) in [6, 6.07) is 3.69. The van der Waals surface area contributed by atoms with Crippen LogP contribution in [0.5, 0.6) is 5.75 Å². The molecule has 1 aromatic rings. The lowest BCUT2D eigenvalue weighted by Crippen LogP contribution is -2.31. The van der Waals surface area contributed by atoms with E-state index in [0.29, 0.717) is 12.4 Å². The van der Waals surface area contributed by atoms with Gasteiger partial charge in [0.05, 0.1) is 6.61 Å². The number of aromatic carboxylic acids is 1. The highest BCUT2D eigenvalue weighted by atomic mass is 16.5. The summed E-state index contributed by atoms with van der Waals surface area (Å²) in [6.45, 7) is 7.52. The van der Waals surface area contributed by atoms with Gasteiger partial charge in [-0.25, -0.2) is 4.79 Å². The molecule has 0 atom stereocenters. The molecule has 1 aromatic carbocycles. The number of fused-ring (bicyclic) bond motifs is 1. The maximum Gasteiger partial charge on any atom is 0.339 e. The fourth-order valence-corrected chi connectivity index (χ4v) is 2.59. The summed E-state index contributed by atoms with van der Waals surface area (Å²) in [5.41, 5.74) is 2.63. The first-order valence-electron chi connectivity index (χ1n) is 6.90. The second-order valence-electron chi connectivity index (χ2n) is 4.88. The normalized spacial score (nSPS) is 15.1. The minimum atomic E-state index is -0.915. The van der Waals surface area contributed by atoms with E-state index in [2.05, 4.69) is 11.8 Å². The molecule has 0 radical (unpaired) electrons. The zero-order valence-electron chi connectivity index (χ0n) is 11.6. The zero-order valence-corrected chi connectivity index (χ0v) is 11.6. The first kappa shape index (κ1) is 13.9. The largest absolute Gasteiger partial charge is 0.493 e. The van der Waals surface area contributed by atoms with Gasteiger partial charge in [0, 0.05) is 13.1 Å². The van der Waals surface area contributed by atoms with E-state index in [4.69, 9.17) is 4.74 Å². The Morgan fingerprint density at radius 3 is 2.79 bits per heavy atom. The Labute approximate surface area is 114 Å². The zero-order chi connectivity index (χ0) is 13.8. The molecule has 0 fully saturated rings. The number of hydrogen-bond acceptors (Lipinski definition) is 3. The molecule has 19 heavy (non-hydrogen) atoms. The molecular weight excluding hydrogens is 242 g/mol. The number of carboxylic acids is 1. The molecule has 104 valence electrons. The standard InChI is InChI=1S/C15H21NO3/c1-3-6-16-7-5-11-8-13(15(17)18)14(19-4-2)9-12(11)10-16/h8-9H,3-7,10H2,1-2H3,(H,17,18). The summed E-state index contributed by atoms with van der Waals surface area (Å²) < 4.78 is 5.46. The van der Waals surface area contributed by atoms with Crippen molar-refractivity contribution in [1.29, 1.82) is 0 Å². The maximum atomic E-state index is 11.3. The van der Waals surface area contributed by atoms with Crippen LogP contribution >= 0.6 is 0 Å². The third-order valence-corrected chi connectivity index (χ3v) is 3.46. The molecule has 0 amide bonds. The van der Waals surface area contributed by atoms with Crippen molar-refractivity contribution < 1.29 is 14.6 Å². The Kier molecular flexibility index (Phi) is 4.43. The first-order valence-corrected chi connectivity index (χ1v) is 6.90. The van der Waals surface area contributed by atoms with Crippen molar-refractivity contribution in [3.63, 3.8) is 0 Å². The fourth-order valence-electron chi connectivity index (χ4n) is 2.59. The number of benzene rings is 1. The lowest BCUT2D eigenvalue weighted by Gasteiger charge is -2.29. The molecular formula is C15H21NO3. The quantitative estimate of drug-likeness (QED) is 0.887. The molecule has 4 nitrogen and oxygen atoms in total. The molecule has 1 N–H and O–H groups in total. The SMILES string of the molecule is CCCN1CCc2cc(C(=O)O)c(OCC)cc2C1. The Bertz CT molecular complexity index is 471. The van der Waals surface area contributed by atoms with Crippen LogP contribution in [0.2, 0.25) is 0 Å². The van der Waals surface area contributed by atoms with E-state index in [1.54, 1.807) is 6.07 Å². The third-order valence-electron chi connectivity index (χ3n) is 3.46. The van der Waals surface area contributed by atoms with Crippen LogP contribution in [-0.4, -0.2) is 35.7 Å². The van der Waals surface area contributed by atoms with Crippen LogP contribution in [0.25, 0.3) is 0 Å². The Balaban J connectivity index is 2.32. The van der Waals surface area contributed by atoms with Crippen molar-refractivity contribution in [3.8, 4) is 5.75 Å². The number of hydrogen-bond donors (Lipinski definition) is 1. The summed E-state index contributed by atoms with van der Waals surface area (Å²) in [7, 11) is 0. The van der Waals surface area contributed by atoms with Crippen LogP contribution < -0.4 is 4.74 Å². The van der Waals surface area contributed by atoms with Crippen molar-refractivity contribution in [3.05, 3.63) is 28.8 Å². The van der Waals surface area contributed by atoms with Crippen molar-refractivity contribution in [1.82, 2.24) is 4.90 Å². The molecule has 0 bridgehead atoms. The molecule has 1 aliphatic heterocycles. The van der Waals surface area contributed by atoms with Gasteiger partial charge in [0.1, 0.15) is 11.3 Å². The van der Waals surface area contributed by atoms with E-state index in [-0.39, 0.29) is 5.56 Å². The van der Waals surface area contributed by atoms with Crippen molar-refractivity contribution in [2.75, 3.05) is 19.7 Å². The number of nitrogens with zero attached hydrogens (tertiary/aromatic N) is 1. The maximum absolute atomic E-state index is 11.3. The highest BCUT2D eigenvalue weighted by Gasteiger charge is 2.20. The van der Waals surface area contributed by atoms with Gasteiger partial charge in [-0.1, -0.05) is 6.92 Å². The van der Waals surface area contributed by atoms with Crippen LogP contribution in [0.15, 0.2) is 12.1 Å². The van der Waals surface area contributed by atoms with Crippen molar-refractivity contribution in [2.45, 2.75) is 33.2 Å². The average molecular weight is 263 g/mol. The molecule has 0 saturated heterocycles. The number of carboxylic acid groups (broad SMARTS) is 1. The van der Waals surface area contributed by atoms with Gasteiger partial charge in [0.2, 0.25) is 0 Å². The number of carbonyl (C=O) groups is 1. The van der Waals surface area contributed by atoms with E-state index in [1.807, 2.05) is 13.0 Å². The summed E-state index contributed by atoms with van der Waals surface area (Å²) in [4.78, 5) is 13.7. The van der Waals surface area contributed by atoms with E-state index < -0.39 is 5.97 Å². The topological polar surface area (TPSA) is 49.8 Å². The Hall–Kier alpha value is -1.55. The van der Waals surface area contributed by atoms with Crippen molar-refractivity contribution in [2.24, 2.45) is 0 Å². The van der Waals surface area contributed by atoms with Crippen LogP contribution in [-0.2, 0) is 13.0 Å². The van der Waals surface area contributed by atoms with Crippen LogP contribution in [0, 0.1) is 0 Å². The molecule has 2 rings (SSSR count). The minimum absolute atomic E-state index is 0.282. The van der Waals surface area contributed by atoms with E-state index >= 15 is 0 Å². The third kappa shape index (κ3) is 3.07. The molecule has 0 saturated carbocycles. The van der Waals surface area contributed by atoms with E-state index in [1.165, 1.54) is 5.56 Å². The molecule has 0 aromatic heterocycles. The Morgan fingerprint density at radius 2 is 2.16 bits per heavy atom. The second-order valence-corrected chi connectivity index (χ2v) is 4.88. The lowest BCUT2D eigenvalue weighted by molar-refractivity contribution is 0.0692. The summed E-state index contributed by atoms with van der Waals surface area (Å²) >= 11 is 0. The van der Waals surface area contributed by atoms with Gasteiger partial charge in [-0.15, -0.1) is 0 Å². The van der Waals surface area contributed by atoms with Crippen molar-refractivity contribution >= 4 is 5.97 Å². The van der Waals surface area contributed by atoms with Crippen LogP contribution in [0.3, 0.4) is 0 Å². The predicted octanol–water partition coefficient (Wildman–Crippen LogP) is 2.55. The van der Waals surface area contributed by atoms with Gasteiger partial charge in [0.25, 0.3) is 0 Å². The van der Waals surface area contributed by atoms with E-state index in [9.17, 15) is 9.90 Å². The molecule has 0 spiro atoms. The lowest BCUT2D eigenvalue weighted by atomic mass is 9.96. The van der Waals surface area contributed by atoms with Gasteiger partial charge in [-0.2, -0.15) is 0 Å². The molecule has 4 heteroatoms. The van der Waals surface area contributed by atoms with Crippen LogP contribution in [0.1, 0.15) is 41.8 Å². The second kappa shape index (κ2) is 6.06. The smallest absolute Gasteiger partial charge is 0.339 e. The van der Waals surface area contributed by atoms with Gasteiger partial charge < -0.3 is 9.84 Å². The van der Waals surface area contributed by atoms with Gasteiger partial charge in [-0.05, 0) is 49.6 Å². The molecule has 1 heterocycles. The first-order chi connectivity index (χ1) is 9.15.